The normalized spacial score (nSPS) is 21.0. The number of unbranched alkanes of at least 4 members (excludes halogenated alkanes) is 3. The van der Waals surface area contributed by atoms with Crippen LogP contribution in [0.4, 0.5) is 17.5 Å². The minimum absolute atomic E-state index is 0.0199. The predicted octanol–water partition coefficient (Wildman–Crippen LogP) is 8.07. The third kappa shape index (κ3) is 14.2. The number of phosphoric ester groups is 1. The van der Waals surface area contributed by atoms with E-state index in [2.05, 4.69) is 140 Å². The van der Waals surface area contributed by atoms with Gasteiger partial charge >= 0.3 is 15.6 Å². The van der Waals surface area contributed by atoms with Crippen molar-refractivity contribution in [1.29, 1.82) is 0 Å². The quantitative estimate of drug-likeness (QED) is 0.00933. The summed E-state index contributed by atoms with van der Waals surface area (Å²) in [5.74, 6) is 0.441. The van der Waals surface area contributed by atoms with Crippen molar-refractivity contribution in [3.05, 3.63) is 101 Å². The third-order valence-electron chi connectivity index (χ3n) is 16.1. The van der Waals surface area contributed by atoms with Crippen LogP contribution in [0.1, 0.15) is 133 Å². The van der Waals surface area contributed by atoms with Gasteiger partial charge in [-0.3, -0.25) is 23.2 Å². The summed E-state index contributed by atoms with van der Waals surface area (Å²) < 4.78 is 63.3. The maximum Gasteiger partial charge on any atom is 0.487 e. The topological polar surface area (TPSA) is 359 Å². The Kier molecular flexibility index (Phi) is 20.6. The zero-order valence-electron chi connectivity index (χ0n) is 50.6. The molecule has 0 saturated carbocycles. The summed E-state index contributed by atoms with van der Waals surface area (Å²) in [4.78, 5) is 83.7. The van der Waals surface area contributed by atoms with Crippen molar-refractivity contribution in [2.45, 2.75) is 130 Å². The highest BCUT2D eigenvalue weighted by molar-refractivity contribution is 7.66. The number of allylic oxidation sites excluding steroid dienone is 2. The average Bonchev–Trinajstić information content (AvgIpc) is 0.873. The molecule has 0 spiro atoms. The second-order valence-corrected chi connectivity index (χ2v) is 29.2. The molecule has 9 N–H and O–H groups in total. The van der Waals surface area contributed by atoms with Crippen molar-refractivity contribution in [2.75, 3.05) is 62.3 Å². The number of amides is 2. The van der Waals surface area contributed by atoms with Gasteiger partial charge in [-0.2, -0.15) is 4.31 Å². The number of nitrogens with two attached hydrogens (primary N) is 1. The maximum atomic E-state index is 15.1. The van der Waals surface area contributed by atoms with Crippen LogP contribution in [0.2, 0.25) is 20.1 Å². The number of aliphatic hydroxyl groups excluding tert-OH is 2. The summed E-state index contributed by atoms with van der Waals surface area (Å²) in [6, 6.07) is 8.29. The number of nitrogens with zero attached hydrogens (tertiary/aromatic N) is 7. The number of phosphoric acid groups is 3. The molecule has 488 valence electrons. The van der Waals surface area contributed by atoms with Gasteiger partial charge in [0.1, 0.15) is 42.7 Å². The number of benzene rings is 3. The second kappa shape index (κ2) is 26.7. The van der Waals surface area contributed by atoms with E-state index >= 15 is 4.79 Å². The summed E-state index contributed by atoms with van der Waals surface area (Å²) in [5, 5.41) is 29.5. The number of nitrogens with one attached hydrogen (secondary N) is 2. The molecule has 3 unspecified atom stereocenters. The molecule has 1 saturated heterocycles. The summed E-state index contributed by atoms with van der Waals surface area (Å²) in [6.07, 6.45) is 1.95. The van der Waals surface area contributed by atoms with E-state index in [4.69, 9.17) is 66.5 Å². The van der Waals surface area contributed by atoms with Crippen LogP contribution < -0.4 is 46.0 Å². The summed E-state index contributed by atoms with van der Waals surface area (Å²) in [5.41, 5.74) is 12.3. The molecule has 7 atom stereocenters. The zero-order chi connectivity index (χ0) is 65.9. The number of anilines is 3. The number of rotatable bonds is 24. The van der Waals surface area contributed by atoms with Crippen molar-refractivity contribution in [3.8, 4) is 11.5 Å². The van der Waals surface area contributed by atoms with Gasteiger partial charge in [-0.15, -0.1) is 0 Å². The van der Waals surface area contributed by atoms with Gasteiger partial charge in [0.05, 0.1) is 43.9 Å². The molecule has 4 aliphatic heterocycles. The number of carbonyl (C=O) groups excluding carboxylic acids is 2. The molecular formula is C57H71Cl4N10O16P3. The molecule has 0 aliphatic carbocycles. The first kappa shape index (κ1) is 69.3. The molecule has 3 aromatic carbocycles. The van der Waals surface area contributed by atoms with Crippen LogP contribution >= 0.6 is 69.9 Å². The van der Waals surface area contributed by atoms with Gasteiger partial charge in [0.2, 0.25) is 17.2 Å². The van der Waals surface area contributed by atoms with Crippen molar-refractivity contribution >= 4 is 127 Å². The number of fused-ring (bicyclic) bond motifs is 5. The zero-order valence-corrected chi connectivity index (χ0v) is 56.3. The van der Waals surface area contributed by atoms with Crippen molar-refractivity contribution in [1.82, 2.24) is 34.3 Å². The molecular weight excluding hydrogens is 1320 g/mol. The number of aliphatic hydroxyl groups is 2. The third-order valence-corrected chi connectivity index (χ3v) is 21.7. The fourth-order valence-corrected chi connectivity index (χ4v) is 16.3. The number of hydrogen-bond acceptors (Lipinski definition) is 19. The van der Waals surface area contributed by atoms with Crippen LogP contribution in [0.15, 0.2) is 42.7 Å². The Morgan fingerprint density at radius 1 is 0.844 bits per heavy atom. The van der Waals surface area contributed by atoms with Crippen LogP contribution in [-0.4, -0.2) is 137 Å². The summed E-state index contributed by atoms with van der Waals surface area (Å²) in [6.45, 7) is 18.3. The lowest BCUT2D eigenvalue weighted by molar-refractivity contribution is -0.212. The van der Waals surface area contributed by atoms with Gasteiger partial charge in [0, 0.05) is 98.3 Å². The fraction of sp³-hybridized carbons (Fsp3) is 0.474. The number of hydrogen-bond donors (Lipinski definition) is 8. The predicted molar refractivity (Wildman–Crippen MR) is 340 cm³/mol. The van der Waals surface area contributed by atoms with Crippen LogP contribution in [0.25, 0.3) is 27.9 Å². The summed E-state index contributed by atoms with van der Waals surface area (Å²) >= 11 is 28.4. The van der Waals surface area contributed by atoms with E-state index in [1.54, 1.807) is 7.05 Å². The lowest BCUT2D eigenvalue weighted by atomic mass is 9.83. The molecule has 33 heteroatoms. The Hall–Kier alpha value is -5.05. The Labute approximate surface area is 538 Å². The molecule has 0 bridgehead atoms. The molecule has 6 heterocycles. The number of aromatic nitrogens is 4. The first-order valence-corrected chi connectivity index (χ1v) is 34.9. The lowest BCUT2D eigenvalue weighted by Gasteiger charge is -2.43. The van der Waals surface area contributed by atoms with Crippen molar-refractivity contribution in [2.24, 2.45) is 0 Å². The van der Waals surface area contributed by atoms with E-state index in [9.17, 15) is 43.4 Å². The highest BCUT2D eigenvalue weighted by Gasteiger charge is 2.48. The highest BCUT2D eigenvalue weighted by Crippen LogP contribution is 2.65. The van der Waals surface area contributed by atoms with Gasteiger partial charge < -0.3 is 65.4 Å². The lowest BCUT2D eigenvalue weighted by Crippen LogP contribution is -2.49. The van der Waals surface area contributed by atoms with Gasteiger partial charge in [0.25, 0.3) is 13.7 Å². The molecule has 2 aromatic heterocycles. The van der Waals surface area contributed by atoms with Crippen LogP contribution in [-0.2, 0) is 36.4 Å². The molecule has 90 heavy (non-hydrogen) atoms. The van der Waals surface area contributed by atoms with Gasteiger partial charge in [0.15, 0.2) is 28.7 Å². The molecule has 9 rings (SSSR count). The standard InChI is InChI=1S/C57H71Cl4N10O16P3/c1-10-69-35-23-37-33(21-31(35)29(3)25-56(69,5)6)41(34-22-32-30(4)26-57(7,8)70(11-2)36(32)24-38(34)84-37)42-43(45(59)47(61)46(60)44(42)58)53(75)68(9)20-16-17-40(72)63-18-14-12-13-15-19-64-55-67-48-51(62)65-28-66-52(48)71(55)54-50(74)49(73)39(85-54)27-83-89(79,80)87-90(81,82)86-88(76,77)78/h21-26,28,39,49-50,54,62,73-74H,10-20,27H2,1-9H3,(H6,63,72,75,76,77,78,79,80,81,82)/t39-,49-,50-,54-/m1/s1. The minimum Gasteiger partial charge on any atom is -0.756 e. The number of ether oxygens (including phenoxy) is 2. The molecule has 5 aromatic rings. The first-order chi connectivity index (χ1) is 42.1. The van der Waals surface area contributed by atoms with Gasteiger partial charge in [-0.1, -0.05) is 65.3 Å². The maximum absolute atomic E-state index is 15.1. The second-order valence-electron chi connectivity index (χ2n) is 23.3. The fourth-order valence-electron chi connectivity index (χ4n) is 12.3. The Morgan fingerprint density at radius 3 is 2.20 bits per heavy atom. The van der Waals surface area contributed by atoms with E-state index in [1.807, 2.05) is 0 Å². The molecule has 1 fully saturated rings. The van der Waals surface area contributed by atoms with Crippen LogP contribution in [0.5, 0.6) is 11.5 Å². The highest BCUT2D eigenvalue weighted by atomic mass is 35.5. The number of imidazole rings is 1. The van der Waals surface area contributed by atoms with E-state index in [-0.39, 0.29) is 84.1 Å². The van der Waals surface area contributed by atoms with E-state index in [0.717, 1.165) is 52.7 Å². The Morgan fingerprint density at radius 2 is 1.52 bits per heavy atom. The number of halogens is 4. The Balaban J connectivity index is 0.843. The molecule has 2 amide bonds. The first-order valence-electron chi connectivity index (χ1n) is 28.9. The number of carbonyl (C=O) groups is 2. The van der Waals surface area contributed by atoms with Crippen LogP contribution in [0, 0.1) is 0 Å². The molecule has 0 radical (unpaired) electrons. The SMILES string of the molecule is CCN1c2cc3c(cc2C(C)=CC1(C)C)C(c1c(Cl)c(Cl)c(Cl)c(Cl)c1C(=O)N(C)CCCC(=O)NCCCCCCNc1nc2c(N)ncnc2n1[C@@H]1O[C@H](COP(=O)(O)OP(=O)(O)OP(=O)([O-])O)[C@@H](O)[C@H]1O)=c1cc2c(cc1O3)=[N+](CC)C(C)(C)C=C2C. The monoisotopic (exact) mass is 1380 g/mol. The molecule has 4 aliphatic rings. The largest absolute Gasteiger partial charge is 0.756 e. The van der Waals surface area contributed by atoms with E-state index in [0.29, 0.717) is 73.0 Å². The smallest absolute Gasteiger partial charge is 0.487 e. The van der Waals surface area contributed by atoms with Crippen molar-refractivity contribution in [3.63, 3.8) is 0 Å². The summed E-state index contributed by atoms with van der Waals surface area (Å²) in [7, 11) is -15.8. The molecule has 26 nitrogen and oxygen atoms in total. The van der Waals surface area contributed by atoms with E-state index in [1.165, 1.54) is 9.47 Å². The number of likely N-dealkylation sites (N-methyl/N-ethyl adjacent to an activating group) is 2. The number of nitrogen functional groups attached to an aromatic ring is 1. The Bertz CT molecular complexity index is 4070. The van der Waals surface area contributed by atoms with Crippen molar-refractivity contribution < 1.29 is 75.7 Å². The van der Waals surface area contributed by atoms with Gasteiger partial charge in [-0.25, -0.2) is 33.0 Å². The van der Waals surface area contributed by atoms with Gasteiger partial charge in [-0.05, 0) is 90.2 Å². The minimum atomic E-state index is -5.90. The van der Waals surface area contributed by atoms with E-state index < -0.39 is 60.5 Å². The van der Waals surface area contributed by atoms with Crippen LogP contribution in [0.3, 0.4) is 0 Å². The average molecular weight is 1390 g/mol.